The molecule has 1 aromatic rings. The Bertz CT molecular complexity index is 613. The van der Waals surface area contributed by atoms with Crippen molar-refractivity contribution in [2.75, 3.05) is 32.7 Å². The van der Waals surface area contributed by atoms with Gasteiger partial charge >= 0.3 is 0 Å². The molecular weight excluding hydrogens is 362 g/mol. The Labute approximate surface area is 168 Å². The van der Waals surface area contributed by atoms with Gasteiger partial charge in [0, 0.05) is 37.2 Å². The number of nitrogens with one attached hydrogen (secondary N) is 1. The number of amides is 2. The van der Waals surface area contributed by atoms with Gasteiger partial charge in [0.25, 0.3) is 5.91 Å². The molecule has 5 nitrogen and oxygen atoms in total. The van der Waals surface area contributed by atoms with Crippen LogP contribution in [0.2, 0.25) is 0 Å². The molecule has 0 radical (unpaired) electrons. The zero-order chi connectivity index (χ0) is 18.5. The molecule has 0 bridgehead atoms. The molecule has 1 unspecified atom stereocenters. The lowest BCUT2D eigenvalue weighted by molar-refractivity contribution is -0.140. The predicted molar refractivity (Wildman–Crippen MR) is 110 cm³/mol. The van der Waals surface area contributed by atoms with Crippen molar-refractivity contribution in [2.45, 2.75) is 39.2 Å². The number of benzene rings is 1. The van der Waals surface area contributed by atoms with E-state index in [0.29, 0.717) is 11.8 Å². The summed E-state index contributed by atoms with van der Waals surface area (Å²) < 4.78 is 0. The molecule has 0 aliphatic carbocycles. The number of piperidine rings is 1. The van der Waals surface area contributed by atoms with Crippen LogP contribution < -0.4 is 5.32 Å². The summed E-state index contributed by atoms with van der Waals surface area (Å²) in [7, 11) is 0. The smallest absolute Gasteiger partial charge is 0.253 e. The van der Waals surface area contributed by atoms with Gasteiger partial charge in [0.2, 0.25) is 5.91 Å². The van der Waals surface area contributed by atoms with Crippen LogP contribution in [-0.4, -0.2) is 60.4 Å². The van der Waals surface area contributed by atoms with E-state index in [-0.39, 0.29) is 30.3 Å². The van der Waals surface area contributed by atoms with Crippen molar-refractivity contribution >= 4 is 24.2 Å². The minimum atomic E-state index is 0. The van der Waals surface area contributed by atoms with E-state index in [1.54, 1.807) is 0 Å². The third kappa shape index (κ3) is 5.02. The Morgan fingerprint density at radius 3 is 2.33 bits per heavy atom. The number of carbonyl (C=O) groups is 2. The Kier molecular flexibility index (Phi) is 8.11. The Morgan fingerprint density at radius 1 is 1.19 bits per heavy atom. The maximum absolute atomic E-state index is 13.0. The molecule has 2 aliphatic rings. The molecule has 2 aliphatic heterocycles. The molecule has 2 fully saturated rings. The number of hydrogen-bond acceptors (Lipinski definition) is 3. The molecule has 0 saturated carbocycles. The molecule has 0 aromatic heterocycles. The van der Waals surface area contributed by atoms with Gasteiger partial charge in [-0.15, -0.1) is 12.4 Å². The topological polar surface area (TPSA) is 52.7 Å². The minimum absolute atomic E-state index is 0. The fourth-order valence-corrected chi connectivity index (χ4v) is 3.99. The third-order valence-electron chi connectivity index (χ3n) is 5.87. The molecule has 1 N–H and O–H groups in total. The zero-order valence-electron chi connectivity index (χ0n) is 16.4. The van der Waals surface area contributed by atoms with E-state index in [1.165, 1.54) is 0 Å². The second-order valence-corrected chi connectivity index (χ2v) is 7.63. The highest BCUT2D eigenvalue weighted by molar-refractivity contribution is 5.94. The monoisotopic (exact) mass is 393 g/mol. The summed E-state index contributed by atoms with van der Waals surface area (Å²) in [4.78, 5) is 29.7. The van der Waals surface area contributed by atoms with Crippen LogP contribution >= 0.6 is 12.4 Å². The molecular formula is C21H32ClN3O2. The molecule has 2 amide bonds. The van der Waals surface area contributed by atoms with Crippen LogP contribution in [-0.2, 0) is 4.79 Å². The van der Waals surface area contributed by atoms with E-state index < -0.39 is 0 Å². The van der Waals surface area contributed by atoms with E-state index in [9.17, 15) is 9.59 Å². The predicted octanol–water partition coefficient (Wildman–Crippen LogP) is 2.81. The van der Waals surface area contributed by atoms with Crippen molar-refractivity contribution in [1.29, 1.82) is 0 Å². The highest BCUT2D eigenvalue weighted by Gasteiger charge is 2.35. The molecule has 150 valence electrons. The SMILES string of the molecule is CCCN(C(=O)C(C)C1CNC1)C1CCN(C(=O)c2ccccc2)CC1.Cl. The van der Waals surface area contributed by atoms with Crippen LogP contribution in [0.3, 0.4) is 0 Å². The standard InChI is InChI=1S/C21H31N3O2.ClH/c1-3-11-24(20(25)16(2)18-14-22-15-18)19-9-12-23(13-10-19)21(26)17-7-5-4-6-8-17;/h4-8,16,18-19,22H,3,9-15H2,1-2H3;1H. The van der Waals surface area contributed by atoms with Gasteiger partial charge in [0.05, 0.1) is 0 Å². The fraction of sp³-hybridized carbons (Fsp3) is 0.619. The van der Waals surface area contributed by atoms with Gasteiger partial charge in [0.15, 0.2) is 0 Å². The Hall–Kier alpha value is -1.59. The summed E-state index contributed by atoms with van der Waals surface area (Å²) in [6.07, 6.45) is 2.73. The highest BCUT2D eigenvalue weighted by atomic mass is 35.5. The van der Waals surface area contributed by atoms with E-state index in [0.717, 1.165) is 57.5 Å². The highest BCUT2D eigenvalue weighted by Crippen LogP contribution is 2.24. The average molecular weight is 394 g/mol. The first kappa shape index (κ1) is 21.7. The lowest BCUT2D eigenvalue weighted by Crippen LogP contribution is -2.54. The van der Waals surface area contributed by atoms with Crippen molar-refractivity contribution in [1.82, 2.24) is 15.1 Å². The maximum Gasteiger partial charge on any atom is 0.253 e. The van der Waals surface area contributed by atoms with E-state index >= 15 is 0 Å². The molecule has 0 spiro atoms. The average Bonchev–Trinajstić information content (AvgIpc) is 2.64. The first-order valence-electron chi connectivity index (χ1n) is 9.97. The molecule has 1 aromatic carbocycles. The molecule has 1 atom stereocenters. The fourth-order valence-electron chi connectivity index (χ4n) is 3.99. The first-order valence-corrected chi connectivity index (χ1v) is 9.97. The maximum atomic E-state index is 13.0. The summed E-state index contributed by atoms with van der Waals surface area (Å²) in [6, 6.07) is 9.73. The van der Waals surface area contributed by atoms with Gasteiger partial charge in [-0.2, -0.15) is 0 Å². The van der Waals surface area contributed by atoms with Gasteiger partial charge in [-0.05, 0) is 50.4 Å². The minimum Gasteiger partial charge on any atom is -0.339 e. The normalized spacial score (nSPS) is 19.0. The zero-order valence-corrected chi connectivity index (χ0v) is 17.2. The van der Waals surface area contributed by atoms with Gasteiger partial charge in [0.1, 0.15) is 0 Å². The van der Waals surface area contributed by atoms with Crippen LogP contribution in [0.1, 0.15) is 43.5 Å². The number of carbonyl (C=O) groups excluding carboxylic acids is 2. The van der Waals surface area contributed by atoms with Crippen molar-refractivity contribution in [3.8, 4) is 0 Å². The lowest BCUT2D eigenvalue weighted by Gasteiger charge is -2.41. The van der Waals surface area contributed by atoms with Crippen molar-refractivity contribution in [2.24, 2.45) is 11.8 Å². The second kappa shape index (κ2) is 10.1. The van der Waals surface area contributed by atoms with Crippen molar-refractivity contribution < 1.29 is 9.59 Å². The Balaban J connectivity index is 0.00000261. The number of halogens is 1. The van der Waals surface area contributed by atoms with Crippen LogP contribution in [0.4, 0.5) is 0 Å². The van der Waals surface area contributed by atoms with Crippen LogP contribution in [0.15, 0.2) is 30.3 Å². The molecule has 3 rings (SSSR count). The number of rotatable bonds is 6. The third-order valence-corrected chi connectivity index (χ3v) is 5.87. The van der Waals surface area contributed by atoms with Gasteiger partial charge in [-0.25, -0.2) is 0 Å². The summed E-state index contributed by atoms with van der Waals surface area (Å²) in [5.41, 5.74) is 0.749. The molecule has 2 heterocycles. The van der Waals surface area contributed by atoms with Crippen molar-refractivity contribution in [3.63, 3.8) is 0 Å². The summed E-state index contributed by atoms with van der Waals surface area (Å²) in [5, 5.41) is 3.27. The van der Waals surface area contributed by atoms with Crippen molar-refractivity contribution in [3.05, 3.63) is 35.9 Å². The molecule has 2 saturated heterocycles. The molecule has 27 heavy (non-hydrogen) atoms. The van der Waals surface area contributed by atoms with Crippen LogP contribution in [0, 0.1) is 11.8 Å². The lowest BCUT2D eigenvalue weighted by atomic mass is 9.87. The number of hydrogen-bond donors (Lipinski definition) is 1. The summed E-state index contributed by atoms with van der Waals surface area (Å²) in [6.45, 7) is 8.39. The first-order chi connectivity index (χ1) is 12.6. The van der Waals surface area contributed by atoms with E-state index in [2.05, 4.69) is 24.1 Å². The van der Waals surface area contributed by atoms with Gasteiger partial charge < -0.3 is 15.1 Å². The van der Waals surface area contributed by atoms with Crippen LogP contribution in [0.5, 0.6) is 0 Å². The van der Waals surface area contributed by atoms with E-state index in [4.69, 9.17) is 0 Å². The summed E-state index contributed by atoms with van der Waals surface area (Å²) in [5.74, 6) is 0.964. The van der Waals surface area contributed by atoms with Gasteiger partial charge in [-0.1, -0.05) is 32.0 Å². The summed E-state index contributed by atoms with van der Waals surface area (Å²) >= 11 is 0. The quantitative estimate of drug-likeness (QED) is 0.808. The second-order valence-electron chi connectivity index (χ2n) is 7.63. The van der Waals surface area contributed by atoms with Gasteiger partial charge in [-0.3, -0.25) is 9.59 Å². The Morgan fingerprint density at radius 2 is 1.81 bits per heavy atom. The van der Waals surface area contributed by atoms with E-state index in [1.807, 2.05) is 35.2 Å². The molecule has 6 heteroatoms. The number of likely N-dealkylation sites (tertiary alicyclic amines) is 1. The van der Waals surface area contributed by atoms with Crippen LogP contribution in [0.25, 0.3) is 0 Å². The largest absolute Gasteiger partial charge is 0.339 e. The number of nitrogens with zero attached hydrogens (tertiary/aromatic N) is 2.